The molecule has 100 valence electrons. The van der Waals surface area contributed by atoms with Gasteiger partial charge in [0.1, 0.15) is 0 Å². The first kappa shape index (κ1) is 14.4. The van der Waals surface area contributed by atoms with Crippen LogP contribution < -0.4 is 15.5 Å². The Labute approximate surface area is 109 Å². The second-order valence-electron chi connectivity index (χ2n) is 4.97. The van der Waals surface area contributed by atoms with Crippen molar-refractivity contribution in [1.82, 2.24) is 5.32 Å². The van der Waals surface area contributed by atoms with Crippen molar-refractivity contribution < 1.29 is 4.79 Å². The number of nitrogens with zero attached hydrogens (tertiary/aromatic N) is 1. The van der Waals surface area contributed by atoms with Crippen LogP contribution in [0.5, 0.6) is 0 Å². The van der Waals surface area contributed by atoms with Crippen molar-refractivity contribution in [2.75, 3.05) is 30.9 Å². The lowest BCUT2D eigenvalue weighted by Gasteiger charge is -2.18. The summed E-state index contributed by atoms with van der Waals surface area (Å²) in [5.74, 6) is 0.597. The van der Waals surface area contributed by atoms with E-state index < -0.39 is 0 Å². The Bertz CT molecular complexity index is 388. The highest BCUT2D eigenvalue weighted by molar-refractivity contribution is 5.93. The fourth-order valence-electron chi connectivity index (χ4n) is 1.61. The zero-order chi connectivity index (χ0) is 13.5. The van der Waals surface area contributed by atoms with E-state index in [0.29, 0.717) is 12.5 Å². The Morgan fingerprint density at radius 3 is 2.56 bits per heavy atom. The predicted octanol–water partition coefficient (Wildman–Crippen LogP) is 2.92. The zero-order valence-corrected chi connectivity index (χ0v) is 11.7. The van der Waals surface area contributed by atoms with Crippen LogP contribution in [0.1, 0.15) is 20.3 Å². The molecule has 0 aromatic heterocycles. The molecule has 0 saturated heterocycles. The molecule has 0 fully saturated rings. The molecule has 0 bridgehead atoms. The number of hydrogen-bond acceptors (Lipinski definition) is 2. The highest BCUT2D eigenvalue weighted by atomic mass is 16.2. The minimum Gasteiger partial charge on any atom is -0.376 e. The Morgan fingerprint density at radius 2 is 1.94 bits per heavy atom. The summed E-state index contributed by atoms with van der Waals surface area (Å²) in [6.07, 6.45) is 0.989. The molecular weight excluding hydrogens is 226 g/mol. The second kappa shape index (κ2) is 6.89. The number of benzene rings is 1. The van der Waals surface area contributed by atoms with Crippen LogP contribution in [-0.2, 0) is 0 Å². The van der Waals surface area contributed by atoms with Crippen LogP contribution in [0.4, 0.5) is 16.2 Å². The first-order valence-corrected chi connectivity index (χ1v) is 6.32. The second-order valence-corrected chi connectivity index (χ2v) is 4.97. The van der Waals surface area contributed by atoms with Gasteiger partial charge in [-0.15, -0.1) is 0 Å². The molecule has 1 aromatic carbocycles. The summed E-state index contributed by atoms with van der Waals surface area (Å²) < 4.78 is 0. The lowest BCUT2D eigenvalue weighted by Crippen LogP contribution is -2.30. The van der Waals surface area contributed by atoms with Crippen LogP contribution in [0, 0.1) is 5.92 Å². The molecule has 0 heterocycles. The number of rotatable bonds is 5. The van der Waals surface area contributed by atoms with Gasteiger partial charge in [0.05, 0.1) is 11.4 Å². The molecule has 0 radical (unpaired) electrons. The molecule has 0 unspecified atom stereocenters. The molecule has 0 aliphatic carbocycles. The van der Waals surface area contributed by atoms with Gasteiger partial charge in [-0.1, -0.05) is 26.0 Å². The van der Waals surface area contributed by atoms with Gasteiger partial charge in [0.15, 0.2) is 0 Å². The summed E-state index contributed by atoms with van der Waals surface area (Å²) in [7, 11) is 3.91. The summed E-state index contributed by atoms with van der Waals surface area (Å²) in [6, 6.07) is 7.60. The maximum Gasteiger partial charge on any atom is 0.319 e. The van der Waals surface area contributed by atoms with E-state index in [1.165, 1.54) is 0 Å². The molecule has 0 aliphatic rings. The maximum absolute atomic E-state index is 11.7. The van der Waals surface area contributed by atoms with Crippen molar-refractivity contribution >= 4 is 17.4 Å². The molecule has 4 heteroatoms. The maximum atomic E-state index is 11.7. The van der Waals surface area contributed by atoms with Gasteiger partial charge in [-0.05, 0) is 24.5 Å². The predicted molar refractivity (Wildman–Crippen MR) is 77.2 cm³/mol. The first-order chi connectivity index (χ1) is 8.50. The quantitative estimate of drug-likeness (QED) is 0.842. The summed E-state index contributed by atoms with van der Waals surface area (Å²) in [4.78, 5) is 13.7. The van der Waals surface area contributed by atoms with Crippen LogP contribution in [0.25, 0.3) is 0 Å². The van der Waals surface area contributed by atoms with Crippen molar-refractivity contribution in [2.45, 2.75) is 20.3 Å². The molecule has 0 spiro atoms. The molecule has 18 heavy (non-hydrogen) atoms. The van der Waals surface area contributed by atoms with Crippen LogP contribution in [0.3, 0.4) is 0 Å². The molecule has 2 amide bonds. The number of carbonyl (C=O) groups excluding carboxylic acids is 1. The summed E-state index contributed by atoms with van der Waals surface area (Å²) >= 11 is 0. The van der Waals surface area contributed by atoms with Crippen molar-refractivity contribution in [3.63, 3.8) is 0 Å². The van der Waals surface area contributed by atoms with Crippen molar-refractivity contribution in [1.29, 1.82) is 0 Å². The molecule has 4 nitrogen and oxygen atoms in total. The monoisotopic (exact) mass is 249 g/mol. The van der Waals surface area contributed by atoms with Crippen molar-refractivity contribution in [3.8, 4) is 0 Å². The molecular formula is C14H23N3O. The van der Waals surface area contributed by atoms with E-state index in [9.17, 15) is 4.79 Å². The van der Waals surface area contributed by atoms with Gasteiger partial charge >= 0.3 is 6.03 Å². The number of para-hydroxylation sites is 2. The summed E-state index contributed by atoms with van der Waals surface area (Å²) in [6.45, 7) is 4.98. The average molecular weight is 249 g/mol. The van der Waals surface area contributed by atoms with Gasteiger partial charge in [-0.2, -0.15) is 0 Å². The van der Waals surface area contributed by atoms with Crippen LogP contribution in [0.15, 0.2) is 24.3 Å². The minimum absolute atomic E-state index is 0.148. The molecule has 1 aromatic rings. The zero-order valence-electron chi connectivity index (χ0n) is 11.7. The van der Waals surface area contributed by atoms with E-state index in [-0.39, 0.29) is 6.03 Å². The van der Waals surface area contributed by atoms with E-state index >= 15 is 0 Å². The summed E-state index contributed by atoms with van der Waals surface area (Å²) in [5, 5.41) is 5.73. The SMILES string of the molecule is CC(C)CCNC(=O)Nc1ccccc1N(C)C. The third-order valence-electron chi connectivity index (χ3n) is 2.64. The number of anilines is 2. The van der Waals surface area contributed by atoms with E-state index in [4.69, 9.17) is 0 Å². The fraction of sp³-hybridized carbons (Fsp3) is 0.500. The number of amides is 2. The molecule has 0 saturated carbocycles. The van der Waals surface area contributed by atoms with E-state index in [0.717, 1.165) is 17.8 Å². The fourth-order valence-corrected chi connectivity index (χ4v) is 1.61. The van der Waals surface area contributed by atoms with Crippen LogP contribution >= 0.6 is 0 Å². The normalized spacial score (nSPS) is 10.3. The van der Waals surface area contributed by atoms with Gasteiger partial charge in [-0.25, -0.2) is 4.79 Å². The van der Waals surface area contributed by atoms with E-state index in [1.807, 2.05) is 43.3 Å². The van der Waals surface area contributed by atoms with Gasteiger partial charge in [0.2, 0.25) is 0 Å². The van der Waals surface area contributed by atoms with Crippen molar-refractivity contribution in [3.05, 3.63) is 24.3 Å². The van der Waals surface area contributed by atoms with Gasteiger partial charge in [0.25, 0.3) is 0 Å². The Morgan fingerprint density at radius 1 is 1.28 bits per heavy atom. The third-order valence-corrected chi connectivity index (χ3v) is 2.64. The standard InChI is InChI=1S/C14H23N3O/c1-11(2)9-10-15-14(18)16-12-7-5-6-8-13(12)17(3)4/h5-8,11H,9-10H2,1-4H3,(H2,15,16,18). The smallest absolute Gasteiger partial charge is 0.319 e. The van der Waals surface area contributed by atoms with E-state index in [1.54, 1.807) is 0 Å². The molecule has 0 aliphatic heterocycles. The number of carbonyl (C=O) groups is 1. The third kappa shape index (κ3) is 4.65. The van der Waals surface area contributed by atoms with E-state index in [2.05, 4.69) is 24.5 Å². The lowest BCUT2D eigenvalue weighted by atomic mass is 10.1. The van der Waals surface area contributed by atoms with Gasteiger partial charge < -0.3 is 15.5 Å². The Kier molecular flexibility index (Phi) is 5.49. The Balaban J connectivity index is 2.54. The summed E-state index contributed by atoms with van der Waals surface area (Å²) in [5.41, 5.74) is 1.82. The average Bonchev–Trinajstić information content (AvgIpc) is 2.28. The minimum atomic E-state index is -0.148. The molecule has 2 N–H and O–H groups in total. The molecule has 0 atom stereocenters. The van der Waals surface area contributed by atoms with Gasteiger partial charge in [0, 0.05) is 20.6 Å². The highest BCUT2D eigenvalue weighted by Gasteiger charge is 2.07. The Hall–Kier alpha value is -1.71. The van der Waals surface area contributed by atoms with Gasteiger partial charge in [-0.3, -0.25) is 0 Å². The van der Waals surface area contributed by atoms with Crippen molar-refractivity contribution in [2.24, 2.45) is 5.92 Å². The first-order valence-electron chi connectivity index (χ1n) is 6.32. The van der Waals surface area contributed by atoms with Crippen LogP contribution in [-0.4, -0.2) is 26.7 Å². The topological polar surface area (TPSA) is 44.4 Å². The number of hydrogen-bond donors (Lipinski definition) is 2. The largest absolute Gasteiger partial charge is 0.376 e. The number of nitrogens with one attached hydrogen (secondary N) is 2. The molecule has 1 rings (SSSR count). The lowest BCUT2D eigenvalue weighted by molar-refractivity contribution is 0.251. The van der Waals surface area contributed by atoms with Crippen LogP contribution in [0.2, 0.25) is 0 Å². The highest BCUT2D eigenvalue weighted by Crippen LogP contribution is 2.23. The number of urea groups is 1.